The van der Waals surface area contributed by atoms with Gasteiger partial charge < -0.3 is 14.3 Å². The van der Waals surface area contributed by atoms with Crippen LogP contribution in [-0.2, 0) is 0 Å². The van der Waals surface area contributed by atoms with Crippen LogP contribution >= 0.6 is 0 Å². The first-order chi connectivity index (χ1) is 13.6. The molecule has 0 amide bonds. The Morgan fingerprint density at radius 1 is 0.964 bits per heavy atom. The van der Waals surface area contributed by atoms with Crippen LogP contribution in [0.1, 0.15) is 12.5 Å². The molecule has 1 aromatic heterocycles. The average Bonchev–Trinajstić information content (AvgIpc) is 2.69. The van der Waals surface area contributed by atoms with Gasteiger partial charge in [0.15, 0.2) is 0 Å². The predicted molar refractivity (Wildman–Crippen MR) is 111 cm³/mol. The number of ether oxygens (including phenoxy) is 1. The molecule has 0 radical (unpaired) electrons. The van der Waals surface area contributed by atoms with Crippen molar-refractivity contribution in [1.29, 1.82) is 0 Å². The third-order valence-corrected chi connectivity index (χ3v) is 4.44. The van der Waals surface area contributed by atoms with Gasteiger partial charge in [-0.25, -0.2) is 4.99 Å². The molecule has 0 fully saturated rings. The van der Waals surface area contributed by atoms with Gasteiger partial charge in [-0.15, -0.1) is 0 Å². The van der Waals surface area contributed by atoms with Crippen LogP contribution in [0.4, 0.5) is 5.69 Å². The molecular weight excluding hydrogens is 350 g/mol. The summed E-state index contributed by atoms with van der Waals surface area (Å²) in [4.78, 5) is 4.76. The van der Waals surface area contributed by atoms with E-state index in [1.807, 2.05) is 49.4 Å². The molecule has 28 heavy (non-hydrogen) atoms. The molecule has 0 bridgehead atoms. The zero-order chi connectivity index (χ0) is 19.5. The van der Waals surface area contributed by atoms with Crippen LogP contribution in [0.2, 0.25) is 0 Å². The lowest BCUT2D eigenvalue weighted by Crippen LogP contribution is -2.04. The largest absolute Gasteiger partial charge is 0.508 e. The molecule has 0 aliphatic rings. The number of rotatable bonds is 4. The molecule has 0 saturated carbocycles. The zero-order valence-corrected chi connectivity index (χ0v) is 15.8. The summed E-state index contributed by atoms with van der Waals surface area (Å²) < 4.78 is 11.8. The molecule has 0 spiro atoms. The number of aryl methyl sites for hydroxylation is 1. The van der Waals surface area contributed by atoms with E-state index in [2.05, 4.69) is 19.1 Å². The maximum atomic E-state index is 9.78. The van der Waals surface area contributed by atoms with Crippen LogP contribution in [0, 0.1) is 6.92 Å². The second kappa shape index (κ2) is 7.61. The number of hydrogen-bond acceptors (Lipinski definition) is 4. The highest BCUT2D eigenvalue weighted by molar-refractivity contribution is 5.80. The van der Waals surface area contributed by atoms with E-state index in [1.165, 1.54) is 5.56 Å². The van der Waals surface area contributed by atoms with Gasteiger partial charge in [-0.05, 0) is 44.2 Å². The summed E-state index contributed by atoms with van der Waals surface area (Å²) in [5.41, 5.74) is 3.56. The van der Waals surface area contributed by atoms with Crippen molar-refractivity contribution >= 4 is 16.7 Å². The number of aromatic hydroxyl groups is 1. The van der Waals surface area contributed by atoms with Gasteiger partial charge in [-0.3, -0.25) is 0 Å². The third-order valence-electron chi connectivity index (χ3n) is 4.44. The average molecular weight is 371 g/mol. The minimum atomic E-state index is 0.180. The Kier molecular flexibility index (Phi) is 4.85. The molecular formula is C24H21NO3. The van der Waals surface area contributed by atoms with Crippen molar-refractivity contribution in [3.8, 4) is 22.8 Å². The van der Waals surface area contributed by atoms with E-state index in [-0.39, 0.29) is 5.75 Å². The SMILES string of the molecule is CCOc1ccc2oc(-c3ccc(C)cc3)cc(=Nc3cccc(O)c3)c2c1. The Morgan fingerprint density at radius 3 is 2.54 bits per heavy atom. The first-order valence-corrected chi connectivity index (χ1v) is 9.24. The molecule has 4 aromatic rings. The molecule has 0 atom stereocenters. The highest BCUT2D eigenvalue weighted by atomic mass is 16.5. The molecule has 0 unspecified atom stereocenters. The minimum Gasteiger partial charge on any atom is -0.508 e. The lowest BCUT2D eigenvalue weighted by atomic mass is 10.1. The summed E-state index contributed by atoms with van der Waals surface area (Å²) >= 11 is 0. The van der Waals surface area contributed by atoms with Crippen LogP contribution < -0.4 is 10.1 Å². The fraction of sp³-hybridized carbons (Fsp3) is 0.125. The Morgan fingerprint density at radius 2 is 1.79 bits per heavy atom. The van der Waals surface area contributed by atoms with Crippen molar-refractivity contribution in [3.63, 3.8) is 0 Å². The Balaban J connectivity index is 1.97. The highest BCUT2D eigenvalue weighted by Crippen LogP contribution is 2.26. The van der Waals surface area contributed by atoms with Gasteiger partial charge in [0.1, 0.15) is 22.8 Å². The summed E-state index contributed by atoms with van der Waals surface area (Å²) in [7, 11) is 0. The van der Waals surface area contributed by atoms with Gasteiger partial charge in [0, 0.05) is 23.1 Å². The summed E-state index contributed by atoms with van der Waals surface area (Å²) in [5.74, 6) is 1.68. The fourth-order valence-corrected chi connectivity index (χ4v) is 3.06. The third kappa shape index (κ3) is 3.76. The number of phenolic OH excluding ortho intramolecular Hbond substituents is 1. The van der Waals surface area contributed by atoms with Gasteiger partial charge in [0.2, 0.25) is 0 Å². The Hall–Kier alpha value is -3.53. The molecule has 3 aromatic carbocycles. The quantitative estimate of drug-likeness (QED) is 0.497. The van der Waals surface area contributed by atoms with Gasteiger partial charge in [0.05, 0.1) is 17.7 Å². The minimum absolute atomic E-state index is 0.180. The van der Waals surface area contributed by atoms with Crippen LogP contribution in [-0.4, -0.2) is 11.7 Å². The van der Waals surface area contributed by atoms with Crippen molar-refractivity contribution < 1.29 is 14.3 Å². The lowest BCUT2D eigenvalue weighted by molar-refractivity contribution is 0.340. The molecule has 0 aliphatic heterocycles. The second-order valence-corrected chi connectivity index (χ2v) is 6.58. The smallest absolute Gasteiger partial charge is 0.137 e. The molecule has 4 heteroatoms. The van der Waals surface area contributed by atoms with Crippen LogP contribution in [0.15, 0.2) is 82.2 Å². The van der Waals surface area contributed by atoms with E-state index in [0.717, 1.165) is 33.4 Å². The number of nitrogens with zero attached hydrogens (tertiary/aromatic N) is 1. The maximum Gasteiger partial charge on any atom is 0.137 e. The first-order valence-electron chi connectivity index (χ1n) is 9.24. The van der Waals surface area contributed by atoms with E-state index in [0.29, 0.717) is 12.3 Å². The molecule has 4 rings (SSSR count). The molecule has 1 N–H and O–H groups in total. The number of phenols is 1. The molecule has 1 heterocycles. The highest BCUT2D eigenvalue weighted by Gasteiger charge is 2.08. The number of fused-ring (bicyclic) bond motifs is 1. The lowest BCUT2D eigenvalue weighted by Gasteiger charge is -2.08. The number of benzene rings is 3. The monoisotopic (exact) mass is 371 g/mol. The summed E-state index contributed by atoms with van der Waals surface area (Å²) in [6.45, 7) is 4.59. The van der Waals surface area contributed by atoms with E-state index < -0.39 is 0 Å². The summed E-state index contributed by atoms with van der Waals surface area (Å²) in [6.07, 6.45) is 0. The normalized spacial score (nSPS) is 11.7. The van der Waals surface area contributed by atoms with Crippen LogP contribution in [0.5, 0.6) is 11.5 Å². The fourth-order valence-electron chi connectivity index (χ4n) is 3.06. The van der Waals surface area contributed by atoms with E-state index in [1.54, 1.807) is 18.2 Å². The zero-order valence-electron chi connectivity index (χ0n) is 15.8. The van der Waals surface area contributed by atoms with Gasteiger partial charge >= 0.3 is 0 Å². The van der Waals surface area contributed by atoms with E-state index in [4.69, 9.17) is 14.1 Å². The van der Waals surface area contributed by atoms with Gasteiger partial charge in [-0.1, -0.05) is 35.9 Å². The van der Waals surface area contributed by atoms with Crippen molar-refractivity contribution in [2.45, 2.75) is 13.8 Å². The molecule has 0 aliphatic carbocycles. The standard InChI is InChI=1S/C24H21NO3/c1-3-27-20-11-12-23-21(14-20)22(25-18-5-4-6-19(26)13-18)15-24(28-23)17-9-7-16(2)8-10-17/h4-15,26H,3H2,1-2H3. The summed E-state index contributed by atoms with van der Waals surface area (Å²) in [6, 6.07) is 22.7. The predicted octanol–water partition coefficient (Wildman–Crippen LogP) is 5.74. The van der Waals surface area contributed by atoms with Crippen molar-refractivity contribution in [2.24, 2.45) is 4.99 Å². The van der Waals surface area contributed by atoms with Gasteiger partial charge in [0.25, 0.3) is 0 Å². The van der Waals surface area contributed by atoms with Crippen molar-refractivity contribution in [1.82, 2.24) is 0 Å². The van der Waals surface area contributed by atoms with E-state index in [9.17, 15) is 5.11 Å². The summed E-state index contributed by atoms with van der Waals surface area (Å²) in [5, 5.41) is 11.4. The molecule has 4 nitrogen and oxygen atoms in total. The maximum absolute atomic E-state index is 9.78. The first kappa shape index (κ1) is 17.9. The Labute approximate surface area is 163 Å². The Bertz CT molecular complexity index is 1190. The van der Waals surface area contributed by atoms with E-state index >= 15 is 0 Å². The topological polar surface area (TPSA) is 55.0 Å². The van der Waals surface area contributed by atoms with Gasteiger partial charge in [-0.2, -0.15) is 0 Å². The molecule has 140 valence electrons. The van der Waals surface area contributed by atoms with Crippen molar-refractivity contribution in [2.75, 3.05) is 6.61 Å². The van der Waals surface area contributed by atoms with Crippen LogP contribution in [0.3, 0.4) is 0 Å². The molecule has 0 saturated heterocycles. The number of hydrogen-bond donors (Lipinski definition) is 1. The second-order valence-electron chi connectivity index (χ2n) is 6.58. The van der Waals surface area contributed by atoms with Crippen molar-refractivity contribution in [3.05, 3.63) is 83.7 Å². The van der Waals surface area contributed by atoms with Crippen LogP contribution in [0.25, 0.3) is 22.3 Å².